The van der Waals surface area contributed by atoms with Crippen LogP contribution in [0.5, 0.6) is 5.75 Å². The van der Waals surface area contributed by atoms with Crippen molar-refractivity contribution in [2.45, 2.75) is 52.6 Å². The third kappa shape index (κ3) is 4.71. The molecule has 3 heterocycles. The van der Waals surface area contributed by atoms with E-state index >= 15 is 0 Å². The summed E-state index contributed by atoms with van der Waals surface area (Å²) in [5.74, 6) is 0.0946. The molecule has 2 aromatic heterocycles. The largest absolute Gasteiger partial charge is 0.507 e. The molecule has 0 bridgehead atoms. The quantitative estimate of drug-likeness (QED) is 0.296. The molecule has 182 valence electrons. The number of amides is 1. The lowest BCUT2D eigenvalue weighted by Gasteiger charge is -2.25. The number of ketones is 1. The Morgan fingerprint density at radius 1 is 1.11 bits per heavy atom. The van der Waals surface area contributed by atoms with Gasteiger partial charge in [-0.3, -0.25) is 14.6 Å². The smallest absolute Gasteiger partial charge is 0.296 e. The highest BCUT2D eigenvalue weighted by molar-refractivity contribution is 6.46. The summed E-state index contributed by atoms with van der Waals surface area (Å²) in [5.41, 5.74) is 1.87. The van der Waals surface area contributed by atoms with Gasteiger partial charge in [0.25, 0.3) is 11.7 Å². The lowest BCUT2D eigenvalue weighted by atomic mass is 9.84. The van der Waals surface area contributed by atoms with E-state index in [0.717, 1.165) is 11.1 Å². The van der Waals surface area contributed by atoms with Crippen LogP contribution in [0.15, 0.2) is 64.8 Å². The van der Waals surface area contributed by atoms with Crippen LogP contribution in [0.4, 0.5) is 0 Å². The molecule has 1 fully saturated rings. The molecule has 1 N–H and O–H groups in total. The molecule has 3 aromatic rings. The molecule has 1 aliphatic heterocycles. The van der Waals surface area contributed by atoms with Crippen LogP contribution in [0.2, 0.25) is 0 Å². The number of nitrogens with zero attached hydrogens (tertiary/aromatic N) is 2. The van der Waals surface area contributed by atoms with Crippen LogP contribution in [0.25, 0.3) is 5.76 Å². The Bertz CT molecular complexity index is 1280. The van der Waals surface area contributed by atoms with Crippen molar-refractivity contribution in [3.8, 4) is 5.75 Å². The number of hydrogen-bond donors (Lipinski definition) is 1. The molecule has 1 unspecified atom stereocenters. The van der Waals surface area contributed by atoms with Crippen LogP contribution in [0.1, 0.15) is 61.9 Å². The highest BCUT2D eigenvalue weighted by atomic mass is 16.5. The van der Waals surface area contributed by atoms with Gasteiger partial charge in [-0.1, -0.05) is 20.8 Å². The predicted octanol–water partition coefficient (Wildman–Crippen LogP) is 5.30. The molecule has 1 saturated heterocycles. The predicted molar refractivity (Wildman–Crippen MR) is 132 cm³/mol. The average molecular weight is 475 g/mol. The summed E-state index contributed by atoms with van der Waals surface area (Å²) < 4.78 is 11.6. The summed E-state index contributed by atoms with van der Waals surface area (Å²) in [5, 5.41) is 11.4. The van der Waals surface area contributed by atoms with Gasteiger partial charge in [0.15, 0.2) is 0 Å². The molecular formula is C28H30N2O5. The number of hydrogen-bond acceptors (Lipinski definition) is 6. The molecule has 4 rings (SSSR count). The van der Waals surface area contributed by atoms with Gasteiger partial charge in [-0.2, -0.15) is 0 Å². The summed E-state index contributed by atoms with van der Waals surface area (Å²) >= 11 is 0. The van der Waals surface area contributed by atoms with Crippen LogP contribution in [-0.4, -0.2) is 33.3 Å². The first kappa shape index (κ1) is 24.3. The SMILES string of the molecule is CCOc1ccc(/C(O)=C2/C(=O)C(=O)N(Cc3ccncc3)C2c2ccc(C)o2)cc1C(C)(C)C. The van der Waals surface area contributed by atoms with Crippen LogP contribution in [0, 0.1) is 6.92 Å². The fourth-order valence-electron chi connectivity index (χ4n) is 4.32. The number of pyridine rings is 1. The van der Waals surface area contributed by atoms with E-state index in [0.29, 0.717) is 29.4 Å². The van der Waals surface area contributed by atoms with E-state index in [9.17, 15) is 14.7 Å². The number of carbonyl (C=O) groups is 2. The second kappa shape index (κ2) is 9.41. The van der Waals surface area contributed by atoms with Crippen LogP contribution < -0.4 is 4.74 Å². The maximum absolute atomic E-state index is 13.3. The van der Waals surface area contributed by atoms with Crippen LogP contribution in [-0.2, 0) is 21.5 Å². The van der Waals surface area contributed by atoms with E-state index in [4.69, 9.17) is 9.15 Å². The molecule has 35 heavy (non-hydrogen) atoms. The van der Waals surface area contributed by atoms with Crippen molar-refractivity contribution in [2.75, 3.05) is 6.61 Å². The molecule has 1 aromatic carbocycles. The van der Waals surface area contributed by atoms with E-state index in [1.165, 1.54) is 4.90 Å². The van der Waals surface area contributed by atoms with E-state index in [2.05, 4.69) is 4.98 Å². The summed E-state index contributed by atoms with van der Waals surface area (Å²) in [6.45, 7) is 10.5. The Kier molecular flexibility index (Phi) is 6.52. The van der Waals surface area contributed by atoms with Crippen LogP contribution >= 0.6 is 0 Å². The Hall–Kier alpha value is -3.87. The van der Waals surface area contributed by atoms with Gasteiger partial charge in [-0.15, -0.1) is 0 Å². The molecule has 1 atom stereocenters. The normalized spacial score (nSPS) is 17.7. The number of likely N-dealkylation sites (tertiary alicyclic amines) is 1. The maximum atomic E-state index is 13.3. The molecule has 0 radical (unpaired) electrons. The number of aromatic nitrogens is 1. The third-order valence-corrected chi connectivity index (χ3v) is 6.03. The van der Waals surface area contributed by atoms with Crippen molar-refractivity contribution < 1.29 is 23.8 Å². The van der Waals surface area contributed by atoms with E-state index in [1.807, 2.05) is 33.8 Å². The van der Waals surface area contributed by atoms with Crippen molar-refractivity contribution in [1.82, 2.24) is 9.88 Å². The van der Waals surface area contributed by atoms with Gasteiger partial charge in [0.05, 0.1) is 12.2 Å². The first-order valence-electron chi connectivity index (χ1n) is 11.6. The molecule has 0 saturated carbocycles. The zero-order valence-corrected chi connectivity index (χ0v) is 20.7. The summed E-state index contributed by atoms with van der Waals surface area (Å²) in [6, 6.07) is 11.5. The van der Waals surface area contributed by atoms with Gasteiger partial charge in [0.1, 0.15) is 29.1 Å². The minimum absolute atomic E-state index is 0.00225. The summed E-state index contributed by atoms with van der Waals surface area (Å²) in [4.78, 5) is 31.9. The topological polar surface area (TPSA) is 92.9 Å². The number of carbonyl (C=O) groups excluding carboxylic acids is 2. The van der Waals surface area contributed by atoms with Gasteiger partial charge < -0.3 is 19.2 Å². The van der Waals surface area contributed by atoms with E-state index in [-0.39, 0.29) is 23.3 Å². The Balaban J connectivity index is 1.87. The highest BCUT2D eigenvalue weighted by Gasteiger charge is 2.47. The lowest BCUT2D eigenvalue weighted by Crippen LogP contribution is -2.29. The summed E-state index contributed by atoms with van der Waals surface area (Å²) in [7, 11) is 0. The minimum Gasteiger partial charge on any atom is -0.507 e. The monoisotopic (exact) mass is 474 g/mol. The fraction of sp³-hybridized carbons (Fsp3) is 0.321. The number of aliphatic hydroxyl groups is 1. The Labute approximate surface area is 205 Å². The zero-order valence-electron chi connectivity index (χ0n) is 20.7. The van der Waals surface area contributed by atoms with Crippen LogP contribution in [0.3, 0.4) is 0 Å². The Morgan fingerprint density at radius 2 is 1.83 bits per heavy atom. The standard InChI is InChI=1S/C28H30N2O5/c1-6-34-21-10-8-19(15-20(21)28(3,4)5)25(31)23-24(22-9-7-17(2)35-22)30(27(33)26(23)32)16-18-11-13-29-14-12-18/h7-15,24,31H,6,16H2,1-5H3/b25-23-. The third-order valence-electron chi connectivity index (χ3n) is 6.03. The van der Waals surface area contributed by atoms with Gasteiger partial charge in [-0.05, 0) is 67.3 Å². The van der Waals surface area contributed by atoms with Gasteiger partial charge in [-0.25, -0.2) is 0 Å². The van der Waals surface area contributed by atoms with Crippen molar-refractivity contribution in [1.29, 1.82) is 0 Å². The molecular weight excluding hydrogens is 444 g/mol. The maximum Gasteiger partial charge on any atom is 0.296 e. The number of aryl methyl sites for hydroxylation is 1. The number of Topliss-reactive ketones (excluding diaryl/α,β-unsaturated/α-hetero) is 1. The number of aliphatic hydroxyl groups excluding tert-OH is 1. The van der Waals surface area contributed by atoms with Crippen molar-refractivity contribution >= 4 is 17.4 Å². The Morgan fingerprint density at radius 3 is 2.43 bits per heavy atom. The second-order valence-electron chi connectivity index (χ2n) is 9.62. The molecule has 7 nitrogen and oxygen atoms in total. The molecule has 0 spiro atoms. The van der Waals surface area contributed by atoms with Gasteiger partial charge >= 0.3 is 0 Å². The molecule has 7 heteroatoms. The second-order valence-corrected chi connectivity index (χ2v) is 9.62. The molecule has 1 amide bonds. The fourth-order valence-corrected chi connectivity index (χ4v) is 4.32. The first-order chi connectivity index (χ1) is 16.6. The van der Waals surface area contributed by atoms with Crippen molar-refractivity contribution in [3.63, 3.8) is 0 Å². The van der Waals surface area contributed by atoms with E-state index < -0.39 is 17.7 Å². The number of furan rings is 1. The number of benzene rings is 1. The molecule has 0 aliphatic carbocycles. The van der Waals surface area contributed by atoms with Crippen molar-refractivity contribution in [3.05, 3.63) is 88.6 Å². The molecule has 1 aliphatic rings. The van der Waals surface area contributed by atoms with E-state index in [1.54, 1.807) is 55.7 Å². The minimum atomic E-state index is -0.860. The van der Waals surface area contributed by atoms with Gasteiger partial charge in [0.2, 0.25) is 0 Å². The summed E-state index contributed by atoms with van der Waals surface area (Å²) in [6.07, 6.45) is 3.26. The van der Waals surface area contributed by atoms with Crippen molar-refractivity contribution in [2.24, 2.45) is 0 Å². The number of ether oxygens (including phenoxy) is 1. The highest BCUT2D eigenvalue weighted by Crippen LogP contribution is 2.42. The lowest BCUT2D eigenvalue weighted by molar-refractivity contribution is -0.140. The van der Waals surface area contributed by atoms with Gasteiger partial charge in [0, 0.05) is 30.1 Å². The zero-order chi connectivity index (χ0) is 25.3. The average Bonchev–Trinajstić information content (AvgIpc) is 3.35. The number of rotatable bonds is 6. The first-order valence-corrected chi connectivity index (χ1v) is 11.6.